The van der Waals surface area contributed by atoms with Crippen molar-refractivity contribution < 1.29 is 19.4 Å². The first kappa shape index (κ1) is 20.0. The summed E-state index contributed by atoms with van der Waals surface area (Å²) in [6.07, 6.45) is -3.53. The van der Waals surface area contributed by atoms with Gasteiger partial charge in [-0.25, -0.2) is 0 Å². The summed E-state index contributed by atoms with van der Waals surface area (Å²) < 4.78 is 5.40. The van der Waals surface area contributed by atoms with Crippen LogP contribution in [0, 0.1) is 6.92 Å². The molecule has 1 saturated heterocycles. The second-order valence-corrected chi connectivity index (χ2v) is 6.70. The molecule has 28 heavy (non-hydrogen) atoms. The lowest BCUT2D eigenvalue weighted by molar-refractivity contribution is -0.150. The van der Waals surface area contributed by atoms with E-state index in [9.17, 15) is 14.7 Å². The molecule has 1 heterocycles. The number of carbonyl (C=O) groups is 2. The fraction of sp³-hybridized carbons (Fsp3) is 0.300. The van der Waals surface area contributed by atoms with Crippen LogP contribution in [0.2, 0.25) is 0 Å². The summed E-state index contributed by atoms with van der Waals surface area (Å²) in [5, 5.41) is 13.0. The van der Waals surface area contributed by atoms with Crippen molar-refractivity contribution in [2.75, 3.05) is 23.4 Å². The number of aryl methyl sites for hydroxylation is 1. The first-order valence-electron chi connectivity index (χ1n) is 8.96. The predicted molar refractivity (Wildman–Crippen MR) is 105 cm³/mol. The number of ether oxygens (including phenoxy) is 1. The number of rotatable bonds is 5. The number of benzene rings is 2. The van der Waals surface area contributed by atoms with E-state index in [2.05, 4.69) is 5.32 Å². The third kappa shape index (κ3) is 4.37. The minimum Gasteiger partial charge on any atom is -0.380 e. The molecular weight excluding hydrogens is 360 g/mol. The number of hydrogen-bond donors (Lipinski definition) is 4. The van der Waals surface area contributed by atoms with E-state index in [0.717, 1.165) is 5.56 Å². The van der Waals surface area contributed by atoms with Gasteiger partial charge in [-0.3, -0.25) is 9.59 Å². The molecule has 3 rings (SSSR count). The number of morpholine rings is 1. The van der Waals surface area contributed by atoms with Crippen molar-refractivity contribution in [3.8, 4) is 0 Å². The highest BCUT2D eigenvalue weighted by molar-refractivity contribution is 6.03. The highest BCUT2D eigenvalue weighted by Gasteiger charge is 2.39. The van der Waals surface area contributed by atoms with Gasteiger partial charge < -0.3 is 31.5 Å². The minimum absolute atomic E-state index is 0.220. The number of nitrogens with two attached hydrogens (primary N) is 2. The Hall–Kier alpha value is -2.78. The van der Waals surface area contributed by atoms with Gasteiger partial charge in [0.15, 0.2) is 12.2 Å². The van der Waals surface area contributed by atoms with Gasteiger partial charge in [0.1, 0.15) is 0 Å². The summed E-state index contributed by atoms with van der Waals surface area (Å²) in [5.41, 5.74) is 14.1. The van der Waals surface area contributed by atoms with Crippen LogP contribution < -0.4 is 21.7 Å². The summed E-state index contributed by atoms with van der Waals surface area (Å²) in [4.78, 5) is 26.7. The first-order chi connectivity index (χ1) is 13.4. The van der Waals surface area contributed by atoms with E-state index in [1.165, 1.54) is 4.90 Å². The molecule has 8 nitrogen and oxygen atoms in total. The Morgan fingerprint density at radius 1 is 1.18 bits per heavy atom. The standard InChI is InChI=1S/C20H24N4O4/c1-12-2-8-15(9-3-12)24-10-11-28-17(20(24)27)16(25)19(26)23-14-6-4-13(5-7-14)18(21)22/h2-9,16-18,25H,10-11,21-22H2,1H3,(H,23,26)/t16-,17-/m1/s1. The summed E-state index contributed by atoms with van der Waals surface area (Å²) in [7, 11) is 0. The summed E-state index contributed by atoms with van der Waals surface area (Å²) in [5.74, 6) is -1.18. The average molecular weight is 384 g/mol. The van der Waals surface area contributed by atoms with Crippen molar-refractivity contribution in [3.63, 3.8) is 0 Å². The SMILES string of the molecule is Cc1ccc(N2CCO[C@H]([C@@H](O)C(=O)Nc3ccc(C(N)N)cc3)C2=O)cc1. The van der Waals surface area contributed by atoms with Crippen LogP contribution in [0.1, 0.15) is 17.3 Å². The summed E-state index contributed by atoms with van der Waals surface area (Å²) >= 11 is 0. The quantitative estimate of drug-likeness (QED) is 0.560. The molecular formula is C20H24N4O4. The number of amides is 2. The molecule has 0 radical (unpaired) electrons. The molecule has 0 aliphatic carbocycles. The van der Waals surface area contributed by atoms with E-state index in [1.807, 2.05) is 31.2 Å². The van der Waals surface area contributed by atoms with Crippen LogP contribution in [0.5, 0.6) is 0 Å². The normalized spacial score (nSPS) is 18.2. The molecule has 2 aromatic rings. The number of nitrogens with one attached hydrogen (secondary N) is 1. The van der Waals surface area contributed by atoms with E-state index in [4.69, 9.17) is 16.2 Å². The molecule has 2 aromatic carbocycles. The lowest BCUT2D eigenvalue weighted by Gasteiger charge is -2.34. The van der Waals surface area contributed by atoms with Crippen molar-refractivity contribution in [2.24, 2.45) is 11.5 Å². The average Bonchev–Trinajstić information content (AvgIpc) is 2.69. The van der Waals surface area contributed by atoms with Crippen molar-refractivity contribution >= 4 is 23.2 Å². The largest absolute Gasteiger partial charge is 0.380 e. The maximum atomic E-state index is 12.8. The Kier molecular flexibility index (Phi) is 6.05. The zero-order chi connectivity index (χ0) is 20.3. The highest BCUT2D eigenvalue weighted by Crippen LogP contribution is 2.21. The lowest BCUT2D eigenvalue weighted by Crippen LogP contribution is -2.55. The number of nitrogens with zero attached hydrogens (tertiary/aromatic N) is 1. The van der Waals surface area contributed by atoms with Crippen LogP contribution in [0.15, 0.2) is 48.5 Å². The molecule has 2 amide bonds. The van der Waals surface area contributed by atoms with Crippen molar-refractivity contribution in [3.05, 3.63) is 59.7 Å². The van der Waals surface area contributed by atoms with E-state index in [-0.39, 0.29) is 6.61 Å². The third-order valence-corrected chi connectivity index (χ3v) is 4.59. The van der Waals surface area contributed by atoms with E-state index < -0.39 is 30.2 Å². The molecule has 0 spiro atoms. The Morgan fingerprint density at radius 3 is 2.43 bits per heavy atom. The Morgan fingerprint density at radius 2 is 1.82 bits per heavy atom. The van der Waals surface area contributed by atoms with Gasteiger partial charge in [0.2, 0.25) is 0 Å². The maximum absolute atomic E-state index is 12.8. The molecule has 1 aliphatic heterocycles. The number of aliphatic hydroxyl groups excluding tert-OH is 1. The topological polar surface area (TPSA) is 131 Å². The second kappa shape index (κ2) is 8.49. The van der Waals surface area contributed by atoms with Gasteiger partial charge in [0.05, 0.1) is 12.8 Å². The van der Waals surface area contributed by atoms with Crippen molar-refractivity contribution in [1.82, 2.24) is 0 Å². The molecule has 0 unspecified atom stereocenters. The van der Waals surface area contributed by atoms with Gasteiger partial charge >= 0.3 is 0 Å². The van der Waals surface area contributed by atoms with Crippen molar-refractivity contribution in [2.45, 2.75) is 25.3 Å². The zero-order valence-electron chi connectivity index (χ0n) is 15.5. The molecule has 1 aliphatic rings. The first-order valence-corrected chi connectivity index (χ1v) is 8.96. The van der Waals surface area contributed by atoms with Crippen LogP contribution in [-0.4, -0.2) is 42.3 Å². The minimum atomic E-state index is -1.64. The monoisotopic (exact) mass is 384 g/mol. The van der Waals surface area contributed by atoms with Gasteiger partial charge in [-0.05, 0) is 36.8 Å². The lowest BCUT2D eigenvalue weighted by atomic mass is 10.1. The van der Waals surface area contributed by atoms with E-state index >= 15 is 0 Å². The van der Waals surface area contributed by atoms with Gasteiger partial charge in [0.25, 0.3) is 11.8 Å². The third-order valence-electron chi connectivity index (χ3n) is 4.59. The Labute approximate surface area is 163 Å². The molecule has 2 atom stereocenters. The smallest absolute Gasteiger partial charge is 0.259 e. The van der Waals surface area contributed by atoms with Gasteiger partial charge in [0, 0.05) is 17.9 Å². The molecule has 1 fully saturated rings. The van der Waals surface area contributed by atoms with Crippen LogP contribution in [0.3, 0.4) is 0 Å². The molecule has 0 saturated carbocycles. The number of aliphatic hydroxyl groups is 1. The Balaban J connectivity index is 1.68. The second-order valence-electron chi connectivity index (χ2n) is 6.70. The predicted octanol–water partition coefficient (Wildman–Crippen LogP) is 0.642. The highest BCUT2D eigenvalue weighted by atomic mass is 16.5. The van der Waals surface area contributed by atoms with Crippen LogP contribution in [0.4, 0.5) is 11.4 Å². The molecule has 148 valence electrons. The zero-order valence-corrected chi connectivity index (χ0v) is 15.5. The fourth-order valence-corrected chi connectivity index (χ4v) is 2.96. The number of hydrogen-bond acceptors (Lipinski definition) is 6. The number of anilines is 2. The van der Waals surface area contributed by atoms with Crippen LogP contribution in [-0.2, 0) is 14.3 Å². The molecule has 6 N–H and O–H groups in total. The number of carbonyl (C=O) groups excluding carboxylic acids is 2. The van der Waals surface area contributed by atoms with Gasteiger partial charge in [-0.1, -0.05) is 29.8 Å². The van der Waals surface area contributed by atoms with Crippen LogP contribution in [0.25, 0.3) is 0 Å². The molecule has 8 heteroatoms. The summed E-state index contributed by atoms with van der Waals surface area (Å²) in [6.45, 7) is 2.53. The molecule has 0 bridgehead atoms. The van der Waals surface area contributed by atoms with Gasteiger partial charge in [-0.2, -0.15) is 0 Å². The molecule has 0 aromatic heterocycles. The fourth-order valence-electron chi connectivity index (χ4n) is 2.96. The maximum Gasteiger partial charge on any atom is 0.259 e. The Bertz CT molecular complexity index is 836. The van der Waals surface area contributed by atoms with E-state index in [1.54, 1.807) is 24.3 Å². The van der Waals surface area contributed by atoms with E-state index in [0.29, 0.717) is 23.5 Å². The van der Waals surface area contributed by atoms with Gasteiger partial charge in [-0.15, -0.1) is 0 Å². The summed E-state index contributed by atoms with van der Waals surface area (Å²) in [6, 6.07) is 14.0. The van der Waals surface area contributed by atoms with Crippen LogP contribution >= 0.6 is 0 Å². The van der Waals surface area contributed by atoms with Crippen molar-refractivity contribution in [1.29, 1.82) is 0 Å².